The van der Waals surface area contributed by atoms with E-state index in [9.17, 15) is 0 Å². The molecular weight excluding hydrogens is 903 g/mol. The average Bonchev–Trinajstić information content (AvgIpc) is 4.09. The van der Waals surface area contributed by atoms with E-state index in [2.05, 4.69) is 138 Å². The molecule has 67 heavy (non-hydrogen) atoms. The van der Waals surface area contributed by atoms with Crippen molar-refractivity contribution in [1.29, 1.82) is 0 Å². The van der Waals surface area contributed by atoms with Crippen LogP contribution in [0, 0.1) is 12.7 Å². The van der Waals surface area contributed by atoms with Gasteiger partial charge in [-0.2, -0.15) is 9.97 Å². The molecule has 9 nitrogen and oxygen atoms in total. The Morgan fingerprint density at radius 2 is 0.896 bits per heavy atom. The third-order valence-corrected chi connectivity index (χ3v) is 18.0. The molecule has 0 atom stereocenters. The Bertz CT molecular complexity index is 3700. The minimum absolute atomic E-state index is 0.0440. The molecule has 0 unspecified atom stereocenters. The number of benzene rings is 6. The molecule has 0 radical (unpaired) electrons. The lowest BCUT2D eigenvalue weighted by molar-refractivity contribution is -0.651. The second kappa shape index (κ2) is 14.4. The van der Waals surface area contributed by atoms with Gasteiger partial charge in [-0.25, -0.2) is 0 Å². The summed E-state index contributed by atoms with van der Waals surface area (Å²) in [6, 6.07) is 43.0. The van der Waals surface area contributed by atoms with Crippen LogP contribution >= 0.6 is 47.0 Å². The number of imidazole rings is 2. The maximum absolute atomic E-state index is 6.54. The Hall–Kier alpha value is -6.77. The van der Waals surface area contributed by atoms with Gasteiger partial charge in [0.05, 0.1) is 18.7 Å². The first kappa shape index (κ1) is 38.3. The van der Waals surface area contributed by atoms with Gasteiger partial charge in [-0.05, 0) is 59.0 Å². The van der Waals surface area contributed by atoms with Crippen LogP contribution in [0.3, 0.4) is 0 Å². The summed E-state index contributed by atoms with van der Waals surface area (Å²) in [7, 11) is 3.93. The predicted octanol–water partition coefficient (Wildman–Crippen LogP) is 6.22. The van der Waals surface area contributed by atoms with Crippen LogP contribution in [0.1, 0.15) is 0 Å². The van der Waals surface area contributed by atoms with Gasteiger partial charge in [-0.1, -0.05) is 142 Å². The molecule has 9 heterocycles. The van der Waals surface area contributed by atoms with E-state index in [1.54, 1.807) is 24.8 Å². The van der Waals surface area contributed by atoms with E-state index < -0.39 is 0 Å². The van der Waals surface area contributed by atoms with Gasteiger partial charge in [0.2, 0.25) is 24.7 Å². The number of aromatic nitrogens is 8. The van der Waals surface area contributed by atoms with Crippen molar-refractivity contribution in [2.24, 2.45) is 14.1 Å². The van der Waals surface area contributed by atoms with E-state index in [0.717, 1.165) is 56.4 Å². The topological polar surface area (TPSA) is 82.3 Å². The molecule has 0 spiro atoms. The van der Waals surface area contributed by atoms with E-state index in [0.29, 0.717) is 0 Å². The maximum atomic E-state index is 6.54. The van der Waals surface area contributed by atoms with Gasteiger partial charge < -0.3 is 22.7 Å². The van der Waals surface area contributed by atoms with Gasteiger partial charge in [0.15, 0.2) is 12.7 Å². The zero-order chi connectivity index (χ0) is 44.1. The van der Waals surface area contributed by atoms with Gasteiger partial charge in [-0.15, -0.1) is 0 Å². The highest BCUT2D eigenvalue weighted by Gasteiger charge is 2.40. The van der Waals surface area contributed by atoms with E-state index in [1.165, 1.54) is 71.9 Å². The summed E-state index contributed by atoms with van der Waals surface area (Å²) < 4.78 is 14.4. The first-order valence-electron chi connectivity index (χ1n) is 21.8. The molecule has 0 aliphatic carbocycles. The van der Waals surface area contributed by atoms with Gasteiger partial charge in [0.1, 0.15) is 29.4 Å². The molecule has 6 aromatic carbocycles. The molecule has 4 aliphatic rings. The monoisotopic (exact) mass is 932 g/mol. The van der Waals surface area contributed by atoms with E-state index in [1.807, 2.05) is 85.7 Å². The fourth-order valence-electron chi connectivity index (χ4n) is 10.4. The van der Waals surface area contributed by atoms with Crippen LogP contribution in [0.4, 0.5) is 0 Å². The average molecular weight is 933 g/mol. The number of furan rings is 1. The van der Waals surface area contributed by atoms with Crippen LogP contribution in [0.2, 0.25) is 0 Å². The summed E-state index contributed by atoms with van der Waals surface area (Å²) in [5.41, 5.74) is 16.3. The minimum atomic E-state index is 0.0440. The smallest absolute Gasteiger partial charge is 0.246 e. The standard InChI is InChI=1S/C52H30B2N8OS4/c1-59-27-61(51-49(59)55-17-19-57-51)32-11-15-41-36(24-32)53-34-21-29(9-13-39(34)64-43-5-3-7-45(66-41)47(43)53)31-23-38(63-26-31)30-10-14-40-35(22-30)54-37-25-33(62-28-60(2)50-52(62)58-20-18-56-50)12-16-42(37)67-46-8-4-6-44(65-40)48(46)54/h3-26H,1-2H3. The Balaban J connectivity index is 0.818. The van der Waals surface area contributed by atoms with Crippen molar-refractivity contribution in [2.75, 3.05) is 0 Å². The lowest BCUT2D eigenvalue weighted by atomic mass is 9.36. The van der Waals surface area contributed by atoms with Crippen LogP contribution in [0.25, 0.3) is 56.4 Å². The second-order valence-corrected chi connectivity index (χ2v) is 21.5. The highest BCUT2D eigenvalue weighted by molar-refractivity contribution is 8.02. The first-order valence-corrected chi connectivity index (χ1v) is 25.1. The van der Waals surface area contributed by atoms with Gasteiger partial charge in [-0.3, -0.25) is 9.97 Å². The fraction of sp³-hybridized carbons (Fsp3) is 0.0385. The largest absolute Gasteiger partial charge is 0.464 e. The molecule has 0 saturated carbocycles. The molecule has 0 amide bonds. The third-order valence-electron chi connectivity index (χ3n) is 13.4. The molecular formula is C52H30B2N8OS4. The van der Waals surface area contributed by atoms with Crippen molar-refractivity contribution in [3.63, 3.8) is 0 Å². The Morgan fingerprint density at radius 1 is 0.463 bits per heavy atom. The van der Waals surface area contributed by atoms with Crippen molar-refractivity contribution in [3.05, 3.63) is 159 Å². The van der Waals surface area contributed by atoms with Crippen molar-refractivity contribution >= 4 is 116 Å². The van der Waals surface area contributed by atoms with Crippen molar-refractivity contribution in [2.45, 2.75) is 39.2 Å². The number of rotatable bonds is 4. The SMILES string of the molecule is C[n+]1[c-]n(-c2ccc3c(c2)B2c4cc(-c5coc(-c6ccc7c(c6)B6c8cc(-n9[c-][n+](C)c%10nccnc%109)ccc8Sc8cccc(c86)S7)c5)ccc4Sc4cccc(c42)S3)c2nccnc21. The number of aryl methyl sites for hydroxylation is 2. The predicted molar refractivity (Wildman–Crippen MR) is 266 cm³/mol. The summed E-state index contributed by atoms with van der Waals surface area (Å²) in [4.78, 5) is 28.8. The van der Waals surface area contributed by atoms with E-state index in [4.69, 9.17) is 14.4 Å². The van der Waals surface area contributed by atoms with Crippen molar-refractivity contribution in [3.8, 4) is 33.8 Å². The summed E-state index contributed by atoms with van der Waals surface area (Å²) in [5.74, 6) is 0.843. The van der Waals surface area contributed by atoms with Crippen molar-refractivity contribution in [1.82, 2.24) is 29.1 Å². The molecule has 0 N–H and O–H groups in total. The highest BCUT2D eigenvalue weighted by atomic mass is 32.2. The molecule has 314 valence electrons. The van der Waals surface area contributed by atoms with E-state index >= 15 is 0 Å². The number of hydrogen-bond donors (Lipinski definition) is 0. The van der Waals surface area contributed by atoms with Crippen LogP contribution in [0.5, 0.6) is 0 Å². The molecule has 11 aromatic rings. The van der Waals surface area contributed by atoms with Crippen LogP contribution in [-0.4, -0.2) is 42.5 Å². The van der Waals surface area contributed by atoms with E-state index in [-0.39, 0.29) is 13.4 Å². The van der Waals surface area contributed by atoms with Crippen LogP contribution in [-0.2, 0) is 14.1 Å². The second-order valence-electron chi connectivity index (χ2n) is 17.2. The zero-order valence-corrected chi connectivity index (χ0v) is 38.9. The molecule has 0 saturated heterocycles. The molecule has 0 fully saturated rings. The van der Waals surface area contributed by atoms with Gasteiger partial charge in [0, 0.05) is 75.8 Å². The Labute approximate surface area is 401 Å². The molecule has 5 aromatic heterocycles. The lowest BCUT2D eigenvalue weighted by Gasteiger charge is -2.33. The highest BCUT2D eigenvalue weighted by Crippen LogP contribution is 2.42. The van der Waals surface area contributed by atoms with Crippen molar-refractivity contribution < 1.29 is 13.6 Å². The third kappa shape index (κ3) is 5.72. The summed E-state index contributed by atoms with van der Waals surface area (Å²) in [6.45, 7) is 0.0990. The molecule has 4 aliphatic heterocycles. The zero-order valence-electron chi connectivity index (χ0n) is 35.6. The normalized spacial score (nSPS) is 13.8. The summed E-state index contributed by atoms with van der Waals surface area (Å²) in [5, 5.41) is 0. The quantitative estimate of drug-likeness (QED) is 0.116. The minimum Gasteiger partial charge on any atom is -0.464 e. The lowest BCUT2D eigenvalue weighted by Crippen LogP contribution is -2.58. The van der Waals surface area contributed by atoms with Gasteiger partial charge >= 0.3 is 0 Å². The summed E-state index contributed by atoms with van der Waals surface area (Å²) in [6.07, 6.45) is 15.8. The molecule has 0 bridgehead atoms. The van der Waals surface area contributed by atoms with Crippen LogP contribution < -0.4 is 41.9 Å². The number of nitrogens with zero attached hydrogens (tertiary/aromatic N) is 8. The van der Waals surface area contributed by atoms with Crippen LogP contribution in [0.15, 0.2) is 190 Å². The Morgan fingerprint density at radius 3 is 1.40 bits per heavy atom. The molecule has 15 rings (SSSR count). The molecule has 15 heteroatoms. The fourth-order valence-corrected chi connectivity index (χ4v) is 15.1. The Kier molecular flexibility index (Phi) is 8.22. The number of hydrogen-bond acceptors (Lipinski definition) is 9. The van der Waals surface area contributed by atoms with Gasteiger partial charge in [0.25, 0.3) is 0 Å². The first-order chi connectivity index (χ1) is 33.0. The number of fused-ring (bicyclic) bond motifs is 10. The summed E-state index contributed by atoms with van der Waals surface area (Å²) >= 11 is 7.43. The maximum Gasteiger partial charge on any atom is 0.246 e.